The Kier molecular flexibility index (Phi) is 7.07. The van der Waals surface area contributed by atoms with Crippen molar-refractivity contribution in [1.29, 1.82) is 0 Å². The number of likely N-dealkylation sites (tertiary alicyclic amines) is 1. The Morgan fingerprint density at radius 2 is 1.69 bits per heavy atom. The van der Waals surface area contributed by atoms with Crippen molar-refractivity contribution < 1.29 is 24.0 Å². The number of carbonyl (C=O) groups excluding carboxylic acids is 4. The minimum atomic E-state index is -0.826. The molecule has 0 aromatic carbocycles. The van der Waals surface area contributed by atoms with E-state index in [1.807, 2.05) is 13.8 Å². The number of halogens is 1. The third-order valence-electron chi connectivity index (χ3n) is 4.54. The first-order valence-corrected chi connectivity index (χ1v) is 9.51. The normalized spacial score (nSPS) is 22.7. The second-order valence-electron chi connectivity index (χ2n) is 6.00. The lowest BCUT2D eigenvalue weighted by Gasteiger charge is -2.34. The van der Waals surface area contributed by atoms with Gasteiger partial charge in [0.1, 0.15) is 11.9 Å². The molecule has 26 heavy (non-hydrogen) atoms. The van der Waals surface area contributed by atoms with Gasteiger partial charge in [0.25, 0.3) is 5.91 Å². The number of fused-ring (bicyclic) bond motifs is 1. The molecule has 146 valence electrons. The summed E-state index contributed by atoms with van der Waals surface area (Å²) >= 11 is 5.53. The van der Waals surface area contributed by atoms with Crippen LogP contribution in [0.5, 0.6) is 0 Å². The maximum absolute atomic E-state index is 12.4. The lowest BCUT2D eigenvalue weighted by Crippen LogP contribution is -2.54. The highest BCUT2D eigenvalue weighted by molar-refractivity contribution is 6.27. The minimum Gasteiger partial charge on any atom is -0.337 e. The van der Waals surface area contributed by atoms with Gasteiger partial charge in [-0.15, -0.1) is 11.6 Å². The van der Waals surface area contributed by atoms with Crippen LogP contribution < -0.4 is 0 Å². The maximum atomic E-state index is 12.4. The van der Waals surface area contributed by atoms with Crippen LogP contribution in [-0.4, -0.2) is 88.3 Å². The van der Waals surface area contributed by atoms with Crippen molar-refractivity contribution >= 4 is 35.5 Å². The lowest BCUT2D eigenvalue weighted by molar-refractivity contribution is -0.152. The van der Waals surface area contributed by atoms with Gasteiger partial charge >= 0.3 is 12.1 Å². The van der Waals surface area contributed by atoms with E-state index in [2.05, 4.69) is 0 Å². The monoisotopic (exact) mass is 388 g/mol. The lowest BCUT2D eigenvalue weighted by atomic mass is 10.1. The quantitative estimate of drug-likeness (QED) is 0.524. The van der Waals surface area contributed by atoms with Gasteiger partial charge in [-0.1, -0.05) is 18.9 Å². The van der Waals surface area contributed by atoms with Crippen LogP contribution in [-0.2, 0) is 14.4 Å². The Morgan fingerprint density at radius 1 is 1.04 bits per heavy atom. The molecule has 3 saturated heterocycles. The molecule has 0 aromatic rings. The maximum Gasteiger partial charge on any atom is 0.434 e. The fourth-order valence-electron chi connectivity index (χ4n) is 3.18. The molecule has 0 aromatic heterocycles. The molecular weight excluding hydrogens is 364 g/mol. The average Bonchev–Trinajstić information content (AvgIpc) is 2.94. The number of hydrogen-bond donors (Lipinski definition) is 0. The van der Waals surface area contributed by atoms with Crippen molar-refractivity contribution in [3.05, 3.63) is 0 Å². The molecule has 10 heteroatoms. The molecule has 0 saturated carbocycles. The van der Waals surface area contributed by atoms with Gasteiger partial charge in [-0.25, -0.2) is 9.59 Å². The minimum absolute atomic E-state index is 0.0634. The van der Waals surface area contributed by atoms with E-state index in [4.69, 9.17) is 16.4 Å². The molecular formula is C16H25ClN4O5. The van der Waals surface area contributed by atoms with Crippen LogP contribution in [0.15, 0.2) is 0 Å². The molecule has 0 N–H and O–H groups in total. The summed E-state index contributed by atoms with van der Waals surface area (Å²) in [4.78, 5) is 57.8. The summed E-state index contributed by atoms with van der Waals surface area (Å²) < 4.78 is 0. The summed E-state index contributed by atoms with van der Waals surface area (Å²) in [6, 6.07) is -1.49. The van der Waals surface area contributed by atoms with Gasteiger partial charge in [0, 0.05) is 26.2 Å². The van der Waals surface area contributed by atoms with E-state index >= 15 is 0 Å². The van der Waals surface area contributed by atoms with Crippen molar-refractivity contribution in [2.45, 2.75) is 39.2 Å². The van der Waals surface area contributed by atoms with Gasteiger partial charge in [-0.3, -0.25) is 9.59 Å². The SMILES string of the molecule is CC.O=C(CCl)N1CCN2C(=O)N(OC(=O)N3CCCCC3)C(=O)C2C1. The summed E-state index contributed by atoms with van der Waals surface area (Å²) in [7, 11) is 0. The number of imide groups is 1. The summed E-state index contributed by atoms with van der Waals surface area (Å²) in [5.74, 6) is -1.10. The Morgan fingerprint density at radius 3 is 2.31 bits per heavy atom. The van der Waals surface area contributed by atoms with Gasteiger partial charge in [-0.2, -0.15) is 0 Å². The van der Waals surface area contributed by atoms with E-state index in [0.717, 1.165) is 19.3 Å². The van der Waals surface area contributed by atoms with Gasteiger partial charge in [0.15, 0.2) is 0 Å². The summed E-state index contributed by atoms with van der Waals surface area (Å²) in [6.07, 6.45) is 2.11. The smallest absolute Gasteiger partial charge is 0.337 e. The van der Waals surface area contributed by atoms with Crippen molar-refractivity contribution in [1.82, 2.24) is 19.8 Å². The Hall–Kier alpha value is -2.03. The molecule has 3 rings (SSSR count). The molecule has 3 aliphatic heterocycles. The number of nitrogens with zero attached hydrogens (tertiary/aromatic N) is 4. The number of rotatable bonds is 2. The number of piperidine rings is 1. The van der Waals surface area contributed by atoms with E-state index < -0.39 is 24.1 Å². The van der Waals surface area contributed by atoms with Gasteiger partial charge < -0.3 is 19.5 Å². The molecule has 9 nitrogen and oxygen atoms in total. The molecule has 0 spiro atoms. The van der Waals surface area contributed by atoms with Crippen LogP contribution in [0.25, 0.3) is 0 Å². The van der Waals surface area contributed by atoms with Gasteiger partial charge in [0.05, 0.1) is 6.54 Å². The third-order valence-corrected chi connectivity index (χ3v) is 4.76. The van der Waals surface area contributed by atoms with Crippen molar-refractivity contribution in [3.63, 3.8) is 0 Å². The number of carbonyl (C=O) groups is 4. The number of urea groups is 1. The molecule has 0 aliphatic carbocycles. The molecule has 5 amide bonds. The largest absolute Gasteiger partial charge is 0.434 e. The first-order valence-electron chi connectivity index (χ1n) is 8.98. The second-order valence-corrected chi connectivity index (χ2v) is 6.27. The highest BCUT2D eigenvalue weighted by atomic mass is 35.5. The molecule has 3 aliphatic rings. The number of piperazine rings is 1. The predicted molar refractivity (Wildman–Crippen MR) is 93.3 cm³/mol. The fraction of sp³-hybridized carbons (Fsp3) is 0.750. The summed E-state index contributed by atoms with van der Waals surface area (Å²) in [5, 5.41) is 0.524. The van der Waals surface area contributed by atoms with Gasteiger partial charge in [-0.05, 0) is 19.3 Å². The highest BCUT2D eigenvalue weighted by Crippen LogP contribution is 2.23. The Balaban J connectivity index is 0.00000117. The number of hydrogen-bond acceptors (Lipinski definition) is 5. The number of hydroxylamine groups is 2. The van der Waals surface area contributed by atoms with Crippen LogP contribution in [0.4, 0.5) is 9.59 Å². The summed E-state index contributed by atoms with van der Waals surface area (Å²) in [6.45, 7) is 5.68. The van der Waals surface area contributed by atoms with Gasteiger partial charge in [0.2, 0.25) is 5.91 Å². The second kappa shape index (κ2) is 9.07. The topological polar surface area (TPSA) is 90.5 Å². The van der Waals surface area contributed by atoms with Crippen molar-refractivity contribution in [3.8, 4) is 0 Å². The average molecular weight is 389 g/mol. The first kappa shape index (κ1) is 20.3. The summed E-state index contributed by atoms with van der Waals surface area (Å²) in [5.41, 5.74) is 0. The molecule has 0 radical (unpaired) electrons. The Bertz CT molecular complexity index is 567. The zero-order valence-corrected chi connectivity index (χ0v) is 15.9. The van der Waals surface area contributed by atoms with Crippen molar-refractivity contribution in [2.75, 3.05) is 38.6 Å². The van der Waals surface area contributed by atoms with Crippen LogP contribution in [0, 0.1) is 0 Å². The molecule has 0 bridgehead atoms. The molecule has 1 atom stereocenters. The molecule has 1 unspecified atom stereocenters. The standard InChI is InChI=1S/C14H19ClN4O5.C2H6/c15-8-11(20)17-6-7-18-10(9-17)12(21)19(13(18)22)24-14(23)16-4-2-1-3-5-16;1-2/h10H,1-9H2;1-2H3. The van der Waals surface area contributed by atoms with E-state index in [1.165, 1.54) is 14.7 Å². The van der Waals surface area contributed by atoms with E-state index in [0.29, 0.717) is 24.7 Å². The zero-order chi connectivity index (χ0) is 19.3. The van der Waals surface area contributed by atoms with Crippen LogP contribution in [0.3, 0.4) is 0 Å². The Labute approximate surface area is 157 Å². The predicted octanol–water partition coefficient (Wildman–Crippen LogP) is 1.26. The highest BCUT2D eigenvalue weighted by Gasteiger charge is 2.51. The third kappa shape index (κ3) is 4.03. The number of alkyl halides is 1. The van der Waals surface area contributed by atoms with Crippen LogP contribution in [0.2, 0.25) is 0 Å². The van der Waals surface area contributed by atoms with Crippen LogP contribution >= 0.6 is 11.6 Å². The zero-order valence-electron chi connectivity index (χ0n) is 15.1. The van der Waals surface area contributed by atoms with E-state index in [-0.39, 0.29) is 24.9 Å². The number of amides is 5. The molecule has 3 fully saturated rings. The first-order chi connectivity index (χ1) is 12.5. The van der Waals surface area contributed by atoms with E-state index in [1.54, 1.807) is 0 Å². The fourth-order valence-corrected chi connectivity index (χ4v) is 3.35. The van der Waals surface area contributed by atoms with E-state index in [9.17, 15) is 19.2 Å². The molecule has 3 heterocycles. The van der Waals surface area contributed by atoms with Crippen molar-refractivity contribution in [2.24, 2.45) is 0 Å². The van der Waals surface area contributed by atoms with Crippen LogP contribution in [0.1, 0.15) is 33.1 Å².